The molecular formula is C26H22ClFN4O3. The summed E-state index contributed by atoms with van der Waals surface area (Å²) in [5, 5.41) is 11.2. The minimum Gasteiger partial charge on any atom is -0.477 e. The number of anilines is 2. The molecule has 1 saturated heterocycles. The zero-order valence-electron chi connectivity index (χ0n) is 18.7. The average Bonchev–Trinajstić information content (AvgIpc) is 3.69. The maximum atomic E-state index is 15.3. The molecule has 1 N–H and O–H groups in total. The molecule has 2 aromatic heterocycles. The van der Waals surface area contributed by atoms with E-state index in [9.17, 15) is 14.7 Å². The molecule has 1 aliphatic carbocycles. The molecule has 6 rings (SSSR count). The summed E-state index contributed by atoms with van der Waals surface area (Å²) in [6, 6.07) is 10.7. The monoisotopic (exact) mass is 492 g/mol. The fourth-order valence-corrected chi connectivity index (χ4v) is 5.14. The molecule has 1 saturated carbocycles. The minimum atomic E-state index is -1.29. The van der Waals surface area contributed by atoms with Gasteiger partial charge in [-0.15, -0.1) is 0 Å². The molecule has 0 amide bonds. The SMILES string of the molecule is O=C(O)c1cn(C2CC2)c2cc(N3CCN(c4ccnc5cc(Cl)ccc45)CC3)c(F)cc2c1=O. The van der Waals surface area contributed by atoms with E-state index in [1.54, 1.807) is 12.3 Å². The molecule has 9 heteroatoms. The average molecular weight is 493 g/mol. The number of carboxylic acids is 1. The first kappa shape index (κ1) is 21.9. The molecule has 35 heavy (non-hydrogen) atoms. The van der Waals surface area contributed by atoms with Crippen LogP contribution in [0.25, 0.3) is 21.8 Å². The van der Waals surface area contributed by atoms with Gasteiger partial charge >= 0.3 is 5.97 Å². The summed E-state index contributed by atoms with van der Waals surface area (Å²) in [7, 11) is 0. The van der Waals surface area contributed by atoms with Crippen molar-refractivity contribution in [1.29, 1.82) is 0 Å². The normalized spacial score (nSPS) is 16.3. The van der Waals surface area contributed by atoms with E-state index in [-0.39, 0.29) is 17.0 Å². The van der Waals surface area contributed by atoms with E-state index in [0.29, 0.717) is 42.4 Å². The van der Waals surface area contributed by atoms with Gasteiger partial charge in [0.25, 0.3) is 0 Å². The smallest absolute Gasteiger partial charge is 0.341 e. The van der Waals surface area contributed by atoms with Gasteiger partial charge in [-0.2, -0.15) is 0 Å². The molecule has 0 unspecified atom stereocenters. The Morgan fingerprint density at radius 3 is 2.40 bits per heavy atom. The Morgan fingerprint density at radius 1 is 1.00 bits per heavy atom. The van der Waals surface area contributed by atoms with E-state index in [0.717, 1.165) is 29.4 Å². The van der Waals surface area contributed by atoms with Crippen molar-refractivity contribution in [2.45, 2.75) is 18.9 Å². The van der Waals surface area contributed by atoms with Crippen molar-refractivity contribution in [3.63, 3.8) is 0 Å². The largest absolute Gasteiger partial charge is 0.477 e. The van der Waals surface area contributed by atoms with Gasteiger partial charge in [0.15, 0.2) is 0 Å². The zero-order chi connectivity index (χ0) is 24.3. The quantitative estimate of drug-likeness (QED) is 0.445. The van der Waals surface area contributed by atoms with Gasteiger partial charge in [-0.05, 0) is 49.2 Å². The number of fused-ring (bicyclic) bond motifs is 2. The van der Waals surface area contributed by atoms with Gasteiger partial charge in [0, 0.05) is 66.1 Å². The van der Waals surface area contributed by atoms with Crippen LogP contribution in [-0.4, -0.2) is 46.8 Å². The molecule has 178 valence electrons. The van der Waals surface area contributed by atoms with Crippen LogP contribution in [0.15, 0.2) is 53.6 Å². The van der Waals surface area contributed by atoms with Gasteiger partial charge in [-0.3, -0.25) is 9.78 Å². The molecule has 4 aromatic rings. The first-order valence-electron chi connectivity index (χ1n) is 11.6. The summed E-state index contributed by atoms with van der Waals surface area (Å²) in [6.45, 7) is 2.57. The fourth-order valence-electron chi connectivity index (χ4n) is 4.98. The Kier molecular flexibility index (Phi) is 5.14. The highest BCUT2D eigenvalue weighted by Crippen LogP contribution is 2.38. The van der Waals surface area contributed by atoms with Crippen LogP contribution in [0.1, 0.15) is 29.2 Å². The van der Waals surface area contributed by atoms with Crippen molar-refractivity contribution in [2.75, 3.05) is 36.0 Å². The topological polar surface area (TPSA) is 78.7 Å². The second-order valence-corrected chi connectivity index (χ2v) is 9.54. The van der Waals surface area contributed by atoms with E-state index in [1.807, 2.05) is 33.7 Å². The number of hydrogen-bond donors (Lipinski definition) is 1. The summed E-state index contributed by atoms with van der Waals surface area (Å²) < 4.78 is 17.1. The number of aromatic nitrogens is 2. The third-order valence-corrected chi connectivity index (χ3v) is 7.15. The lowest BCUT2D eigenvalue weighted by Crippen LogP contribution is -2.47. The Labute approximate surface area is 205 Å². The molecule has 7 nitrogen and oxygen atoms in total. The van der Waals surface area contributed by atoms with Crippen LogP contribution < -0.4 is 15.2 Å². The van der Waals surface area contributed by atoms with Gasteiger partial charge in [0.05, 0.1) is 16.7 Å². The highest BCUT2D eigenvalue weighted by molar-refractivity contribution is 6.31. The van der Waals surface area contributed by atoms with Crippen molar-refractivity contribution in [2.24, 2.45) is 0 Å². The van der Waals surface area contributed by atoms with Gasteiger partial charge in [0.2, 0.25) is 5.43 Å². The van der Waals surface area contributed by atoms with Crippen molar-refractivity contribution in [3.8, 4) is 0 Å². The maximum absolute atomic E-state index is 15.3. The van der Waals surface area contributed by atoms with Crippen LogP contribution in [0, 0.1) is 5.82 Å². The lowest BCUT2D eigenvalue weighted by Gasteiger charge is -2.38. The van der Waals surface area contributed by atoms with Crippen LogP contribution in [0.5, 0.6) is 0 Å². The summed E-state index contributed by atoms with van der Waals surface area (Å²) >= 11 is 6.12. The maximum Gasteiger partial charge on any atom is 0.341 e. The zero-order valence-corrected chi connectivity index (χ0v) is 19.5. The second-order valence-electron chi connectivity index (χ2n) is 9.10. The predicted molar refractivity (Wildman–Crippen MR) is 135 cm³/mol. The molecular weight excluding hydrogens is 471 g/mol. The predicted octanol–water partition coefficient (Wildman–Crippen LogP) is 4.70. The molecule has 2 fully saturated rings. The third kappa shape index (κ3) is 3.78. The molecule has 3 heterocycles. The molecule has 0 radical (unpaired) electrons. The van der Waals surface area contributed by atoms with Crippen molar-refractivity contribution in [1.82, 2.24) is 9.55 Å². The number of piperazine rings is 1. The number of halogens is 2. The van der Waals surface area contributed by atoms with E-state index in [4.69, 9.17) is 11.6 Å². The van der Waals surface area contributed by atoms with Gasteiger partial charge in [-0.1, -0.05) is 11.6 Å². The first-order valence-corrected chi connectivity index (χ1v) is 11.9. The Morgan fingerprint density at radius 2 is 1.71 bits per heavy atom. The lowest BCUT2D eigenvalue weighted by molar-refractivity contribution is 0.0695. The number of aromatic carboxylic acids is 1. The number of pyridine rings is 2. The number of rotatable bonds is 4. The van der Waals surface area contributed by atoms with E-state index >= 15 is 4.39 Å². The number of hydrogen-bond acceptors (Lipinski definition) is 5. The Hall–Kier alpha value is -3.65. The first-order chi connectivity index (χ1) is 16.9. The number of carbonyl (C=O) groups is 1. The highest BCUT2D eigenvalue weighted by Gasteiger charge is 2.28. The third-order valence-electron chi connectivity index (χ3n) is 6.91. The molecule has 2 aliphatic rings. The Balaban J connectivity index is 1.33. The standard InChI is InChI=1S/C26H22ClFN4O3/c27-15-1-4-17-21(11-15)29-6-5-22(17)30-7-9-31(10-8-30)24-13-23-18(12-20(24)28)25(33)19(26(34)35)14-32(23)16-2-3-16/h1,4-6,11-14,16H,2-3,7-10H2,(H,34,35). The fraction of sp³-hybridized carbons (Fsp3) is 0.269. The van der Waals surface area contributed by atoms with E-state index < -0.39 is 17.2 Å². The molecule has 0 bridgehead atoms. The number of benzene rings is 2. The lowest BCUT2D eigenvalue weighted by atomic mass is 10.1. The summed E-state index contributed by atoms with van der Waals surface area (Å²) in [5.74, 6) is -1.81. The number of nitrogens with zero attached hydrogens (tertiary/aromatic N) is 4. The van der Waals surface area contributed by atoms with Crippen LogP contribution in [0.2, 0.25) is 5.02 Å². The van der Waals surface area contributed by atoms with Crippen molar-refractivity contribution < 1.29 is 14.3 Å². The van der Waals surface area contributed by atoms with Crippen molar-refractivity contribution in [3.05, 3.63) is 75.4 Å². The molecule has 2 aromatic carbocycles. The molecule has 1 aliphatic heterocycles. The van der Waals surface area contributed by atoms with Crippen molar-refractivity contribution >= 4 is 50.8 Å². The van der Waals surface area contributed by atoms with Crippen LogP contribution in [0.4, 0.5) is 15.8 Å². The summed E-state index contributed by atoms with van der Waals surface area (Å²) in [5.41, 5.74) is 1.94. The van der Waals surface area contributed by atoms with Crippen LogP contribution in [0.3, 0.4) is 0 Å². The van der Waals surface area contributed by atoms with E-state index in [2.05, 4.69) is 9.88 Å². The summed E-state index contributed by atoms with van der Waals surface area (Å²) in [6.07, 6.45) is 5.00. The summed E-state index contributed by atoms with van der Waals surface area (Å²) in [4.78, 5) is 33.0. The molecule has 0 spiro atoms. The van der Waals surface area contributed by atoms with Crippen LogP contribution >= 0.6 is 11.6 Å². The van der Waals surface area contributed by atoms with E-state index in [1.165, 1.54) is 12.3 Å². The van der Waals surface area contributed by atoms with Gasteiger partial charge in [-0.25, -0.2) is 9.18 Å². The number of carboxylic acid groups (broad SMARTS) is 1. The highest BCUT2D eigenvalue weighted by atomic mass is 35.5. The molecule has 0 atom stereocenters. The minimum absolute atomic E-state index is 0.110. The van der Waals surface area contributed by atoms with Gasteiger partial charge in [0.1, 0.15) is 11.4 Å². The second kappa shape index (κ2) is 8.23. The van der Waals surface area contributed by atoms with Crippen LogP contribution in [-0.2, 0) is 0 Å². The van der Waals surface area contributed by atoms with Gasteiger partial charge < -0.3 is 19.5 Å². The Bertz CT molecular complexity index is 1560.